The molecule has 0 aliphatic heterocycles. The lowest BCUT2D eigenvalue weighted by atomic mass is 9.36. The molecule has 48 heavy (non-hydrogen) atoms. The van der Waals surface area contributed by atoms with E-state index in [1.807, 2.05) is 6.92 Å². The van der Waals surface area contributed by atoms with Crippen LogP contribution in [-0.4, -0.2) is 39.9 Å². The minimum Gasteiger partial charge on any atom is -0.462 e. The Morgan fingerprint density at radius 1 is 0.979 bits per heavy atom. The molecule has 1 aromatic heterocycles. The molecule has 6 rings (SSSR count). The number of carbonyl (C=O) groups excluding carboxylic acids is 4. The molecule has 7 unspecified atom stereocenters. The van der Waals surface area contributed by atoms with Gasteiger partial charge in [-0.05, 0) is 110 Å². The topological polar surface area (TPSA) is 141 Å². The van der Waals surface area contributed by atoms with E-state index in [4.69, 9.17) is 10.5 Å². The molecule has 0 spiro atoms. The van der Waals surface area contributed by atoms with Crippen LogP contribution in [0.25, 0.3) is 0 Å². The van der Waals surface area contributed by atoms with Gasteiger partial charge in [-0.25, -0.2) is 0 Å². The highest BCUT2D eigenvalue weighted by molar-refractivity contribution is 7.15. The van der Waals surface area contributed by atoms with Crippen molar-refractivity contribution < 1.29 is 23.9 Å². The van der Waals surface area contributed by atoms with Crippen LogP contribution in [0.5, 0.6) is 0 Å². The summed E-state index contributed by atoms with van der Waals surface area (Å²) in [6.45, 7) is 19.0. The Balaban J connectivity index is 1.27. The number of fused-ring (bicyclic) bond motifs is 7. The standard InChI is InChI=1S/C38H56N4O5S/c1-20(2)29-24(43)18-38(32(46)40-33-42-41-21(3)48-33)17-12-23-22(30(29)38)10-11-26-36(23,8)15-13-25-35(6,7)27(14-16-37(25,26)9)47-28(44)19-34(4,5)31(39)45/h20,22-23,25-27H,10-19H2,1-9H3,(H2,39,45)(H,40,42,46)/t22?,23?,25?,26?,27?,36?,37?,38-/m1/s1. The summed E-state index contributed by atoms with van der Waals surface area (Å²) in [6.07, 6.45) is 7.62. The first-order valence-corrected chi connectivity index (χ1v) is 19.0. The largest absolute Gasteiger partial charge is 0.462 e. The minimum absolute atomic E-state index is 0.0167. The molecule has 8 atom stereocenters. The van der Waals surface area contributed by atoms with Crippen molar-refractivity contribution in [1.29, 1.82) is 0 Å². The normalized spacial score (nSPS) is 37.3. The molecule has 10 heteroatoms. The number of anilines is 1. The molecule has 4 saturated carbocycles. The summed E-state index contributed by atoms with van der Waals surface area (Å²) in [5.74, 6) is 0.775. The summed E-state index contributed by atoms with van der Waals surface area (Å²) >= 11 is 1.37. The number of Topliss-reactive ketones (excluding diaryl/α,β-unsaturated/α-hetero) is 1. The van der Waals surface area contributed by atoms with Crippen molar-refractivity contribution in [2.45, 2.75) is 133 Å². The van der Waals surface area contributed by atoms with Gasteiger partial charge in [0.15, 0.2) is 5.78 Å². The van der Waals surface area contributed by atoms with Crippen molar-refractivity contribution in [1.82, 2.24) is 10.2 Å². The number of hydrogen-bond acceptors (Lipinski definition) is 8. The number of carbonyl (C=O) groups is 4. The molecular weight excluding hydrogens is 625 g/mol. The second-order valence-corrected chi connectivity index (χ2v) is 19.2. The zero-order valence-corrected chi connectivity index (χ0v) is 31.3. The van der Waals surface area contributed by atoms with Gasteiger partial charge in [-0.2, -0.15) is 0 Å². The predicted molar refractivity (Wildman–Crippen MR) is 186 cm³/mol. The molecule has 3 N–H and O–H groups in total. The molecule has 0 bridgehead atoms. The molecule has 5 aliphatic rings. The predicted octanol–water partition coefficient (Wildman–Crippen LogP) is 7.19. The number of amides is 2. The second kappa shape index (κ2) is 11.7. The van der Waals surface area contributed by atoms with Crippen LogP contribution in [0, 0.1) is 63.6 Å². The van der Waals surface area contributed by atoms with Crippen molar-refractivity contribution >= 4 is 40.0 Å². The van der Waals surface area contributed by atoms with E-state index in [1.165, 1.54) is 11.3 Å². The molecule has 9 nitrogen and oxygen atoms in total. The van der Waals surface area contributed by atoms with E-state index in [-0.39, 0.29) is 64.7 Å². The number of allylic oxidation sites excluding steroid dienone is 1. The number of nitrogens with one attached hydrogen (secondary N) is 1. The van der Waals surface area contributed by atoms with Crippen LogP contribution in [0.1, 0.15) is 125 Å². The number of rotatable bonds is 7. The van der Waals surface area contributed by atoms with Gasteiger partial charge in [0.1, 0.15) is 11.1 Å². The average molecular weight is 681 g/mol. The second-order valence-electron chi connectivity index (χ2n) is 18.0. The van der Waals surface area contributed by atoms with Crippen LogP contribution >= 0.6 is 11.3 Å². The highest BCUT2D eigenvalue weighted by atomic mass is 32.1. The summed E-state index contributed by atoms with van der Waals surface area (Å²) in [6, 6.07) is 0. The van der Waals surface area contributed by atoms with Crippen molar-refractivity contribution in [2.24, 2.45) is 62.4 Å². The average Bonchev–Trinajstić information content (AvgIpc) is 3.53. The monoisotopic (exact) mass is 680 g/mol. The number of nitrogens with two attached hydrogens (primary N) is 1. The Hall–Kier alpha value is -2.62. The third-order valence-electron chi connectivity index (χ3n) is 14.2. The molecule has 4 fully saturated rings. The van der Waals surface area contributed by atoms with Gasteiger partial charge in [-0.15, -0.1) is 10.2 Å². The Bertz CT molecular complexity index is 1560. The lowest BCUT2D eigenvalue weighted by Crippen LogP contribution is -2.63. The van der Waals surface area contributed by atoms with Crippen LogP contribution in [0.2, 0.25) is 0 Å². The van der Waals surface area contributed by atoms with Gasteiger partial charge in [-0.1, -0.05) is 66.7 Å². The first kappa shape index (κ1) is 35.2. The van der Waals surface area contributed by atoms with Gasteiger partial charge in [0.25, 0.3) is 0 Å². The summed E-state index contributed by atoms with van der Waals surface area (Å²) in [5.41, 5.74) is 5.78. The minimum atomic E-state index is -0.945. The lowest BCUT2D eigenvalue weighted by molar-refractivity contribution is -0.213. The van der Waals surface area contributed by atoms with E-state index in [1.54, 1.807) is 13.8 Å². The molecule has 264 valence electrons. The van der Waals surface area contributed by atoms with Gasteiger partial charge >= 0.3 is 5.97 Å². The number of aromatic nitrogens is 2. The zero-order chi connectivity index (χ0) is 35.2. The van der Waals surface area contributed by atoms with E-state index in [0.717, 1.165) is 61.1 Å². The number of nitrogens with zero attached hydrogens (tertiary/aromatic N) is 2. The fraction of sp³-hybridized carbons (Fsp3) is 0.789. The zero-order valence-electron chi connectivity index (χ0n) is 30.5. The van der Waals surface area contributed by atoms with Gasteiger partial charge in [0.2, 0.25) is 16.9 Å². The molecule has 0 aromatic carbocycles. The van der Waals surface area contributed by atoms with Gasteiger partial charge in [-0.3, -0.25) is 24.5 Å². The highest BCUT2D eigenvalue weighted by Crippen LogP contribution is 2.73. The molecule has 0 saturated heterocycles. The fourth-order valence-corrected chi connectivity index (χ4v) is 12.6. The first-order valence-electron chi connectivity index (χ1n) is 18.2. The van der Waals surface area contributed by atoms with E-state index in [9.17, 15) is 19.2 Å². The number of aryl methyl sites for hydroxylation is 1. The maximum absolute atomic E-state index is 14.2. The summed E-state index contributed by atoms with van der Waals surface area (Å²) in [7, 11) is 0. The molecule has 0 radical (unpaired) electrons. The summed E-state index contributed by atoms with van der Waals surface area (Å²) in [5, 5.41) is 12.7. The van der Waals surface area contributed by atoms with Crippen LogP contribution in [0.3, 0.4) is 0 Å². The third kappa shape index (κ3) is 5.29. The third-order valence-corrected chi connectivity index (χ3v) is 15.0. The van der Waals surface area contributed by atoms with E-state index >= 15 is 0 Å². The summed E-state index contributed by atoms with van der Waals surface area (Å²) in [4.78, 5) is 53.0. The maximum Gasteiger partial charge on any atom is 0.307 e. The van der Waals surface area contributed by atoms with Crippen LogP contribution in [-0.2, 0) is 23.9 Å². The summed E-state index contributed by atoms with van der Waals surface area (Å²) < 4.78 is 6.17. The Labute approximate surface area is 290 Å². The molecule has 1 heterocycles. The molecular formula is C38H56N4O5S. The molecule has 1 aromatic rings. The Morgan fingerprint density at radius 2 is 1.67 bits per heavy atom. The first-order chi connectivity index (χ1) is 22.3. The number of esters is 1. The van der Waals surface area contributed by atoms with Gasteiger partial charge in [0.05, 0.1) is 17.3 Å². The Morgan fingerprint density at radius 3 is 2.29 bits per heavy atom. The van der Waals surface area contributed by atoms with Crippen molar-refractivity contribution in [2.75, 3.05) is 5.32 Å². The van der Waals surface area contributed by atoms with Crippen molar-refractivity contribution in [3.05, 3.63) is 16.2 Å². The van der Waals surface area contributed by atoms with Crippen LogP contribution in [0.4, 0.5) is 5.13 Å². The number of ether oxygens (including phenoxy) is 1. The maximum atomic E-state index is 14.2. The van der Waals surface area contributed by atoms with E-state index in [2.05, 4.69) is 57.1 Å². The SMILES string of the molecule is Cc1nnc(NC(=O)[C@@]23CCC4C(CCC5C4(C)CCC4C(C)(C)C(OC(=O)CC(C)(C)C(N)=O)CCC45C)C2=C(C(C)C)C(=O)C3)s1. The smallest absolute Gasteiger partial charge is 0.307 e. The van der Waals surface area contributed by atoms with Crippen molar-refractivity contribution in [3.63, 3.8) is 0 Å². The van der Waals surface area contributed by atoms with E-state index < -0.39 is 16.7 Å². The van der Waals surface area contributed by atoms with Gasteiger partial charge < -0.3 is 10.5 Å². The molecule has 5 aliphatic carbocycles. The van der Waals surface area contributed by atoms with E-state index in [0.29, 0.717) is 29.3 Å². The molecule has 2 amide bonds. The van der Waals surface area contributed by atoms with Crippen LogP contribution in [0.15, 0.2) is 11.1 Å². The number of hydrogen-bond donors (Lipinski definition) is 2. The number of ketones is 1. The highest BCUT2D eigenvalue weighted by Gasteiger charge is 2.67. The van der Waals surface area contributed by atoms with Crippen LogP contribution < -0.4 is 11.1 Å². The quantitative estimate of drug-likeness (QED) is 0.291. The number of primary amides is 1. The van der Waals surface area contributed by atoms with Gasteiger partial charge in [0, 0.05) is 11.8 Å². The lowest BCUT2D eigenvalue weighted by Gasteiger charge is -2.68. The van der Waals surface area contributed by atoms with Crippen molar-refractivity contribution in [3.8, 4) is 0 Å². The fourth-order valence-electron chi connectivity index (χ4n) is 12.0. The Kier molecular flexibility index (Phi) is 8.61.